The largest absolute Gasteiger partial charge is 0.336 e. The number of carbonyl (C=O) groups excluding carboxylic acids is 1. The number of halogens is 3. The smallest absolute Gasteiger partial charge is 0.255 e. The summed E-state index contributed by atoms with van der Waals surface area (Å²) in [6.07, 6.45) is -2.67. The highest BCUT2D eigenvalue weighted by atomic mass is 79.9. The molecule has 5 nitrogen and oxygen atoms in total. The van der Waals surface area contributed by atoms with Crippen LogP contribution in [0.4, 0.5) is 8.78 Å². The van der Waals surface area contributed by atoms with Gasteiger partial charge in [0, 0.05) is 17.1 Å². The minimum absolute atomic E-state index is 0.0402. The summed E-state index contributed by atoms with van der Waals surface area (Å²) in [5.74, 6) is -0.716. The molecule has 0 aliphatic carbocycles. The van der Waals surface area contributed by atoms with Crippen molar-refractivity contribution in [2.75, 3.05) is 13.6 Å². The van der Waals surface area contributed by atoms with Gasteiger partial charge in [-0.15, -0.1) is 0 Å². The molecule has 1 aromatic rings. The van der Waals surface area contributed by atoms with Gasteiger partial charge in [-0.05, 0) is 18.2 Å². The van der Waals surface area contributed by atoms with E-state index in [4.69, 9.17) is 5.14 Å². The second-order valence-corrected chi connectivity index (χ2v) is 6.27. The van der Waals surface area contributed by atoms with E-state index in [2.05, 4.69) is 15.9 Å². The van der Waals surface area contributed by atoms with Crippen LogP contribution in [0.5, 0.6) is 0 Å². The Morgan fingerprint density at radius 3 is 2.47 bits per heavy atom. The normalized spacial score (nSPS) is 11.7. The number of hydrogen-bond donors (Lipinski definition) is 1. The lowest BCUT2D eigenvalue weighted by Crippen LogP contribution is -2.31. The fourth-order valence-electron chi connectivity index (χ4n) is 1.36. The highest BCUT2D eigenvalue weighted by Gasteiger charge is 2.19. The van der Waals surface area contributed by atoms with Crippen molar-refractivity contribution in [3.05, 3.63) is 28.2 Å². The van der Waals surface area contributed by atoms with E-state index in [-0.39, 0.29) is 10.5 Å². The van der Waals surface area contributed by atoms with E-state index in [9.17, 15) is 22.0 Å². The number of primary sulfonamides is 1. The summed E-state index contributed by atoms with van der Waals surface area (Å²) in [4.78, 5) is 12.4. The van der Waals surface area contributed by atoms with E-state index in [0.29, 0.717) is 4.47 Å². The topological polar surface area (TPSA) is 80.5 Å². The van der Waals surface area contributed by atoms with Gasteiger partial charge in [-0.1, -0.05) is 15.9 Å². The number of amides is 1. The summed E-state index contributed by atoms with van der Waals surface area (Å²) in [7, 11) is -2.78. The van der Waals surface area contributed by atoms with Crippen LogP contribution >= 0.6 is 15.9 Å². The van der Waals surface area contributed by atoms with E-state index in [0.717, 1.165) is 11.0 Å². The van der Waals surface area contributed by atoms with Crippen molar-refractivity contribution in [2.45, 2.75) is 11.3 Å². The van der Waals surface area contributed by atoms with E-state index < -0.39 is 28.9 Å². The fraction of sp³-hybridized carbons (Fsp3) is 0.300. The molecule has 0 heterocycles. The molecule has 2 N–H and O–H groups in total. The molecular formula is C10H11BrF2N2O3S. The van der Waals surface area contributed by atoms with Crippen LogP contribution in [0.2, 0.25) is 0 Å². The summed E-state index contributed by atoms with van der Waals surface area (Å²) >= 11 is 3.03. The number of rotatable bonds is 4. The Kier molecular flexibility index (Phi) is 4.99. The first-order valence-electron chi connectivity index (χ1n) is 4.98. The van der Waals surface area contributed by atoms with Crippen molar-refractivity contribution >= 4 is 31.9 Å². The van der Waals surface area contributed by atoms with Crippen molar-refractivity contribution in [3.8, 4) is 0 Å². The van der Waals surface area contributed by atoms with E-state index >= 15 is 0 Å². The average molecular weight is 357 g/mol. The minimum atomic E-state index is -3.98. The molecular weight excluding hydrogens is 346 g/mol. The Bertz CT molecular complexity index is 592. The molecule has 0 unspecified atom stereocenters. The summed E-state index contributed by atoms with van der Waals surface area (Å²) in [6, 6.07) is 3.60. The number of alkyl halides is 2. The molecule has 106 valence electrons. The summed E-state index contributed by atoms with van der Waals surface area (Å²) in [5.41, 5.74) is -0.0402. The zero-order chi connectivity index (χ0) is 14.8. The first kappa shape index (κ1) is 16.0. The molecule has 9 heteroatoms. The van der Waals surface area contributed by atoms with Gasteiger partial charge < -0.3 is 4.90 Å². The Balaban J connectivity index is 3.14. The minimum Gasteiger partial charge on any atom is -0.336 e. The lowest BCUT2D eigenvalue weighted by Gasteiger charge is -2.17. The Morgan fingerprint density at radius 1 is 1.42 bits per heavy atom. The van der Waals surface area contributed by atoms with Crippen molar-refractivity contribution in [1.82, 2.24) is 4.90 Å². The SMILES string of the molecule is CN(CC(F)F)C(=O)c1cc(Br)cc(S(N)(=O)=O)c1. The third kappa shape index (κ3) is 4.51. The lowest BCUT2D eigenvalue weighted by molar-refractivity contribution is 0.0620. The van der Waals surface area contributed by atoms with Crippen LogP contribution in [0.15, 0.2) is 27.6 Å². The van der Waals surface area contributed by atoms with Crippen molar-refractivity contribution < 1.29 is 22.0 Å². The van der Waals surface area contributed by atoms with Gasteiger partial charge in [0.1, 0.15) is 0 Å². The van der Waals surface area contributed by atoms with Gasteiger partial charge in [-0.2, -0.15) is 0 Å². The third-order valence-electron chi connectivity index (χ3n) is 2.21. The van der Waals surface area contributed by atoms with Crippen LogP contribution in [0, 0.1) is 0 Å². The molecule has 0 aliphatic rings. The summed E-state index contributed by atoms with van der Waals surface area (Å²) in [5, 5.41) is 4.96. The van der Waals surface area contributed by atoms with Crippen molar-refractivity contribution in [1.29, 1.82) is 0 Å². The molecule has 0 aromatic heterocycles. The average Bonchev–Trinajstić information content (AvgIpc) is 2.25. The first-order chi connectivity index (χ1) is 8.61. The predicted molar refractivity (Wildman–Crippen MR) is 68.5 cm³/mol. The van der Waals surface area contributed by atoms with Crippen LogP contribution in [-0.2, 0) is 10.0 Å². The molecule has 0 bridgehead atoms. The highest BCUT2D eigenvalue weighted by molar-refractivity contribution is 9.10. The molecule has 1 rings (SSSR count). The zero-order valence-corrected chi connectivity index (χ0v) is 12.2. The van der Waals surface area contributed by atoms with Crippen LogP contribution in [0.25, 0.3) is 0 Å². The monoisotopic (exact) mass is 356 g/mol. The molecule has 0 radical (unpaired) electrons. The van der Waals surface area contributed by atoms with Crippen LogP contribution < -0.4 is 5.14 Å². The van der Waals surface area contributed by atoms with E-state index in [1.165, 1.54) is 19.2 Å². The van der Waals surface area contributed by atoms with Crippen molar-refractivity contribution in [3.63, 3.8) is 0 Å². The van der Waals surface area contributed by atoms with Gasteiger partial charge in [-0.3, -0.25) is 4.79 Å². The first-order valence-corrected chi connectivity index (χ1v) is 7.32. The standard InChI is InChI=1S/C10H11BrF2N2O3S/c1-15(5-9(12)13)10(16)6-2-7(11)4-8(3-6)19(14,17)18/h2-4,9H,5H2,1H3,(H2,14,17,18). The van der Waals surface area contributed by atoms with Crippen LogP contribution in [0.1, 0.15) is 10.4 Å². The Labute approximate surface area is 117 Å². The molecule has 0 aliphatic heterocycles. The number of hydrogen-bond acceptors (Lipinski definition) is 3. The van der Waals surface area contributed by atoms with Gasteiger partial charge >= 0.3 is 0 Å². The van der Waals surface area contributed by atoms with Gasteiger partial charge in [0.15, 0.2) is 0 Å². The zero-order valence-electron chi connectivity index (χ0n) is 9.81. The molecule has 0 fully saturated rings. The maximum absolute atomic E-state index is 12.2. The van der Waals surface area contributed by atoms with Crippen LogP contribution in [-0.4, -0.2) is 39.2 Å². The maximum Gasteiger partial charge on any atom is 0.255 e. The van der Waals surface area contributed by atoms with Gasteiger partial charge in [-0.25, -0.2) is 22.3 Å². The predicted octanol–water partition coefficient (Wildman–Crippen LogP) is 1.43. The second-order valence-electron chi connectivity index (χ2n) is 3.80. The van der Waals surface area contributed by atoms with E-state index in [1.54, 1.807) is 0 Å². The number of nitrogens with two attached hydrogens (primary N) is 1. The lowest BCUT2D eigenvalue weighted by atomic mass is 10.2. The third-order valence-corrected chi connectivity index (χ3v) is 3.56. The molecule has 0 saturated carbocycles. The van der Waals surface area contributed by atoms with Gasteiger partial charge in [0.05, 0.1) is 11.4 Å². The Morgan fingerprint density at radius 2 is 2.00 bits per heavy atom. The molecule has 19 heavy (non-hydrogen) atoms. The summed E-state index contributed by atoms with van der Waals surface area (Å²) in [6.45, 7) is -0.740. The quantitative estimate of drug-likeness (QED) is 0.885. The highest BCUT2D eigenvalue weighted by Crippen LogP contribution is 2.20. The number of carbonyl (C=O) groups is 1. The molecule has 1 aromatic carbocycles. The molecule has 1 amide bonds. The molecule has 0 spiro atoms. The summed E-state index contributed by atoms with van der Waals surface area (Å²) < 4.78 is 47.1. The molecule has 0 atom stereocenters. The number of sulfonamides is 1. The van der Waals surface area contributed by atoms with Crippen molar-refractivity contribution in [2.24, 2.45) is 5.14 Å². The second kappa shape index (κ2) is 5.93. The Hall–Kier alpha value is -1.06. The van der Waals surface area contributed by atoms with Gasteiger partial charge in [0.25, 0.3) is 12.3 Å². The number of benzene rings is 1. The number of nitrogens with zero attached hydrogens (tertiary/aromatic N) is 1. The molecule has 0 saturated heterocycles. The van der Waals surface area contributed by atoms with E-state index in [1.807, 2.05) is 0 Å². The van der Waals surface area contributed by atoms with Gasteiger partial charge in [0.2, 0.25) is 10.0 Å². The van der Waals surface area contributed by atoms with Crippen LogP contribution in [0.3, 0.4) is 0 Å². The maximum atomic E-state index is 12.2. The fourth-order valence-corrected chi connectivity index (χ4v) is 2.59.